The van der Waals surface area contributed by atoms with Gasteiger partial charge in [0.15, 0.2) is 0 Å². The first-order valence-electron chi connectivity index (χ1n) is 9.03. The fourth-order valence-corrected chi connectivity index (χ4v) is 4.22. The lowest BCUT2D eigenvalue weighted by molar-refractivity contribution is 0.440. The van der Waals surface area contributed by atoms with Crippen LogP contribution in [0.25, 0.3) is 10.8 Å². The van der Waals surface area contributed by atoms with Gasteiger partial charge in [0.05, 0.1) is 11.3 Å². The number of fused-ring (bicyclic) bond motifs is 4. The summed E-state index contributed by atoms with van der Waals surface area (Å²) in [4.78, 5) is 4.37. The van der Waals surface area contributed by atoms with Gasteiger partial charge in [0, 0.05) is 21.9 Å². The Hall–Kier alpha value is -3.75. The van der Waals surface area contributed by atoms with Gasteiger partial charge in [0.2, 0.25) is 5.88 Å². The molecule has 1 atom stereocenters. The molecule has 5 rings (SSSR count). The average Bonchev–Trinajstić information content (AvgIpc) is 2.73. The van der Waals surface area contributed by atoms with Crippen molar-refractivity contribution in [2.45, 2.75) is 5.92 Å². The minimum Gasteiger partial charge on any atom is -0.438 e. The SMILES string of the molecule is N#Cc1c(N)nc2c(c1N)C(c1ccccc1Cl)c1ccc3ccccc3c1O2. The fourth-order valence-electron chi connectivity index (χ4n) is 3.97. The molecule has 0 fully saturated rings. The molecule has 0 saturated carbocycles. The summed E-state index contributed by atoms with van der Waals surface area (Å²) in [7, 11) is 0. The summed E-state index contributed by atoms with van der Waals surface area (Å²) in [6.45, 7) is 0. The summed E-state index contributed by atoms with van der Waals surface area (Å²) >= 11 is 6.57. The van der Waals surface area contributed by atoms with E-state index in [2.05, 4.69) is 11.1 Å². The van der Waals surface area contributed by atoms with Crippen molar-refractivity contribution >= 4 is 33.9 Å². The molecular formula is C23H15ClN4O. The normalized spacial score (nSPS) is 14.6. The molecule has 29 heavy (non-hydrogen) atoms. The van der Waals surface area contributed by atoms with Gasteiger partial charge < -0.3 is 16.2 Å². The molecule has 0 spiro atoms. The number of nitrogen functional groups attached to an aromatic ring is 2. The molecular weight excluding hydrogens is 384 g/mol. The topological polar surface area (TPSA) is 98.0 Å². The van der Waals surface area contributed by atoms with Crippen LogP contribution in [0.2, 0.25) is 5.02 Å². The van der Waals surface area contributed by atoms with Gasteiger partial charge in [-0.1, -0.05) is 66.2 Å². The summed E-state index contributed by atoms with van der Waals surface area (Å²) in [5.74, 6) is 0.696. The van der Waals surface area contributed by atoms with Crippen molar-refractivity contribution < 1.29 is 4.74 Å². The van der Waals surface area contributed by atoms with Crippen LogP contribution >= 0.6 is 11.6 Å². The number of ether oxygens (including phenoxy) is 1. The number of rotatable bonds is 1. The first kappa shape index (κ1) is 17.4. The van der Waals surface area contributed by atoms with Crippen molar-refractivity contribution in [3.63, 3.8) is 0 Å². The molecule has 6 heteroatoms. The first-order chi connectivity index (χ1) is 14.1. The van der Waals surface area contributed by atoms with Gasteiger partial charge in [-0.2, -0.15) is 10.2 Å². The highest BCUT2D eigenvalue weighted by molar-refractivity contribution is 6.31. The maximum absolute atomic E-state index is 9.53. The van der Waals surface area contributed by atoms with E-state index in [0.29, 0.717) is 22.2 Å². The zero-order chi connectivity index (χ0) is 20.1. The van der Waals surface area contributed by atoms with E-state index in [-0.39, 0.29) is 23.0 Å². The molecule has 140 valence electrons. The Kier molecular flexibility index (Phi) is 3.83. The molecule has 2 heterocycles. The van der Waals surface area contributed by atoms with E-state index in [1.807, 2.05) is 60.7 Å². The molecule has 0 amide bonds. The van der Waals surface area contributed by atoms with E-state index < -0.39 is 0 Å². The van der Waals surface area contributed by atoms with Crippen LogP contribution in [0.1, 0.15) is 28.2 Å². The van der Waals surface area contributed by atoms with Crippen LogP contribution in [0.3, 0.4) is 0 Å². The second kappa shape index (κ2) is 6.40. The largest absolute Gasteiger partial charge is 0.438 e. The Morgan fingerprint density at radius 1 is 0.966 bits per heavy atom. The second-order valence-corrected chi connectivity index (χ2v) is 7.29. The molecule has 0 aliphatic carbocycles. The molecule has 0 radical (unpaired) electrons. The molecule has 4 N–H and O–H groups in total. The number of hydrogen-bond donors (Lipinski definition) is 2. The molecule has 0 saturated heterocycles. The number of nitrogens with zero attached hydrogens (tertiary/aromatic N) is 2. The minimum atomic E-state index is -0.341. The lowest BCUT2D eigenvalue weighted by Crippen LogP contribution is -2.17. The summed E-state index contributed by atoms with van der Waals surface area (Å²) in [6, 6.07) is 21.6. The van der Waals surface area contributed by atoms with Gasteiger partial charge in [-0.3, -0.25) is 0 Å². The van der Waals surface area contributed by atoms with Crippen LogP contribution in [-0.2, 0) is 0 Å². The highest BCUT2D eigenvalue weighted by Crippen LogP contribution is 2.53. The van der Waals surface area contributed by atoms with E-state index >= 15 is 0 Å². The smallest absolute Gasteiger partial charge is 0.227 e. The fraction of sp³-hybridized carbons (Fsp3) is 0.0435. The standard InChI is InChI=1S/C23H15ClN4O/c24-17-8-4-3-7-14(17)18-15-10-9-12-5-1-2-6-13(12)21(15)29-23-19(18)20(26)16(11-25)22(27)28-23/h1-10,18H,(H4,26,27,28). The van der Waals surface area contributed by atoms with Crippen LogP contribution < -0.4 is 16.2 Å². The van der Waals surface area contributed by atoms with Crippen LogP contribution in [0, 0.1) is 11.3 Å². The molecule has 3 aromatic carbocycles. The quantitative estimate of drug-likeness (QED) is 0.404. The maximum Gasteiger partial charge on any atom is 0.227 e. The molecule has 1 aromatic heterocycles. The van der Waals surface area contributed by atoms with Gasteiger partial charge in [-0.15, -0.1) is 0 Å². The van der Waals surface area contributed by atoms with Crippen molar-refractivity contribution in [1.29, 1.82) is 5.26 Å². The minimum absolute atomic E-state index is 0.0466. The van der Waals surface area contributed by atoms with Gasteiger partial charge in [0.1, 0.15) is 23.2 Å². The lowest BCUT2D eigenvalue weighted by Gasteiger charge is -2.30. The van der Waals surface area contributed by atoms with Gasteiger partial charge in [-0.25, -0.2) is 0 Å². The number of hydrogen-bond acceptors (Lipinski definition) is 5. The molecule has 1 unspecified atom stereocenters. The average molecular weight is 399 g/mol. The first-order valence-corrected chi connectivity index (χ1v) is 9.40. The second-order valence-electron chi connectivity index (χ2n) is 6.88. The zero-order valence-corrected chi connectivity index (χ0v) is 15.9. The number of aromatic nitrogens is 1. The van der Waals surface area contributed by atoms with E-state index in [0.717, 1.165) is 21.9 Å². The molecule has 1 aliphatic heterocycles. The Morgan fingerprint density at radius 2 is 1.72 bits per heavy atom. The summed E-state index contributed by atoms with van der Waals surface area (Å²) < 4.78 is 6.22. The Labute approximate surface area is 172 Å². The Balaban J connectivity index is 1.90. The van der Waals surface area contributed by atoms with E-state index in [9.17, 15) is 5.26 Å². The number of nitrogens with two attached hydrogens (primary N) is 2. The molecule has 5 nitrogen and oxygen atoms in total. The number of halogens is 1. The van der Waals surface area contributed by atoms with Gasteiger partial charge in [-0.05, 0) is 17.0 Å². The van der Waals surface area contributed by atoms with E-state index in [1.165, 1.54) is 0 Å². The van der Waals surface area contributed by atoms with Crippen LogP contribution in [0.15, 0.2) is 60.7 Å². The number of anilines is 2. The van der Waals surface area contributed by atoms with Crippen LogP contribution in [0.5, 0.6) is 11.6 Å². The molecule has 1 aliphatic rings. The zero-order valence-electron chi connectivity index (χ0n) is 15.2. The predicted molar refractivity (Wildman–Crippen MR) is 114 cm³/mol. The van der Waals surface area contributed by atoms with E-state index in [1.54, 1.807) is 0 Å². The predicted octanol–water partition coefficient (Wildman–Crippen LogP) is 5.21. The van der Waals surface area contributed by atoms with Crippen molar-refractivity contribution in [2.75, 3.05) is 11.5 Å². The molecule has 0 bridgehead atoms. The summed E-state index contributed by atoms with van der Waals surface area (Å²) in [5.41, 5.74) is 15.2. The third-order valence-electron chi connectivity index (χ3n) is 5.30. The third kappa shape index (κ3) is 2.50. The van der Waals surface area contributed by atoms with Gasteiger partial charge in [0.25, 0.3) is 0 Å². The van der Waals surface area contributed by atoms with Crippen molar-refractivity contribution in [1.82, 2.24) is 4.98 Å². The lowest BCUT2D eigenvalue weighted by atomic mass is 9.81. The van der Waals surface area contributed by atoms with E-state index in [4.69, 9.17) is 27.8 Å². The number of pyridine rings is 1. The Morgan fingerprint density at radius 3 is 2.52 bits per heavy atom. The number of nitriles is 1. The summed E-state index contributed by atoms with van der Waals surface area (Å²) in [6.07, 6.45) is 0. The third-order valence-corrected chi connectivity index (χ3v) is 5.65. The summed E-state index contributed by atoms with van der Waals surface area (Å²) in [5, 5.41) is 12.1. The maximum atomic E-state index is 9.53. The van der Waals surface area contributed by atoms with Crippen molar-refractivity contribution in [3.8, 4) is 17.7 Å². The monoisotopic (exact) mass is 398 g/mol. The molecule has 4 aromatic rings. The van der Waals surface area contributed by atoms with Gasteiger partial charge >= 0.3 is 0 Å². The number of benzene rings is 3. The highest BCUT2D eigenvalue weighted by atomic mass is 35.5. The van der Waals surface area contributed by atoms with Crippen molar-refractivity contribution in [3.05, 3.63) is 87.9 Å². The van der Waals surface area contributed by atoms with Crippen LogP contribution in [-0.4, -0.2) is 4.98 Å². The van der Waals surface area contributed by atoms with Crippen LogP contribution in [0.4, 0.5) is 11.5 Å². The Bertz CT molecular complexity index is 1340. The van der Waals surface area contributed by atoms with Crippen molar-refractivity contribution in [2.24, 2.45) is 0 Å². The highest BCUT2D eigenvalue weighted by Gasteiger charge is 2.35.